The molecular formula is C11H15NS. The minimum absolute atomic E-state index is 0.838. The van der Waals surface area contributed by atoms with E-state index in [0.29, 0.717) is 0 Å². The van der Waals surface area contributed by atoms with Gasteiger partial charge in [-0.25, -0.2) is 0 Å². The normalized spacial score (nSPS) is 9.85. The van der Waals surface area contributed by atoms with Crippen molar-refractivity contribution in [2.75, 3.05) is 0 Å². The van der Waals surface area contributed by atoms with Gasteiger partial charge in [0.05, 0.1) is 0 Å². The highest BCUT2D eigenvalue weighted by molar-refractivity contribution is 7.12. The molecule has 0 aromatic carbocycles. The molecule has 13 heavy (non-hydrogen) atoms. The molecule has 1 rings (SSSR count). The largest absolute Gasteiger partial charge is 0.192 e. The molecule has 0 saturated carbocycles. The molecular weight excluding hydrogens is 178 g/mol. The molecule has 1 aromatic heterocycles. The molecule has 0 N–H and O–H groups in total. The lowest BCUT2D eigenvalue weighted by Crippen LogP contribution is -1.80. The zero-order chi connectivity index (χ0) is 9.52. The summed E-state index contributed by atoms with van der Waals surface area (Å²) in [7, 11) is 0. The average molecular weight is 193 g/mol. The number of rotatable bonds is 5. The second kappa shape index (κ2) is 5.77. The van der Waals surface area contributed by atoms with Crippen LogP contribution in [-0.2, 0) is 6.42 Å². The lowest BCUT2D eigenvalue weighted by molar-refractivity contribution is 0.670. The maximum atomic E-state index is 8.62. The second-order valence-corrected chi connectivity index (χ2v) is 4.36. The molecule has 0 fully saturated rings. The summed E-state index contributed by atoms with van der Waals surface area (Å²) < 4.78 is 0. The van der Waals surface area contributed by atoms with Crippen molar-refractivity contribution in [1.82, 2.24) is 0 Å². The zero-order valence-corrected chi connectivity index (χ0v) is 8.86. The SMILES string of the molecule is CCCCCCc1ccc(C#N)s1. The highest BCUT2D eigenvalue weighted by Crippen LogP contribution is 2.17. The summed E-state index contributed by atoms with van der Waals surface area (Å²) in [5, 5.41) is 8.62. The summed E-state index contributed by atoms with van der Waals surface area (Å²) in [4.78, 5) is 2.19. The molecule has 0 atom stereocenters. The van der Waals surface area contributed by atoms with Gasteiger partial charge in [0.25, 0.3) is 0 Å². The first-order chi connectivity index (χ1) is 6.36. The van der Waals surface area contributed by atoms with Crippen LogP contribution in [0.1, 0.15) is 42.4 Å². The van der Waals surface area contributed by atoms with Crippen molar-refractivity contribution in [3.8, 4) is 6.07 Å². The molecule has 0 spiro atoms. The first-order valence-corrected chi connectivity index (χ1v) is 5.67. The van der Waals surface area contributed by atoms with Crippen molar-refractivity contribution in [3.63, 3.8) is 0 Å². The lowest BCUT2D eigenvalue weighted by atomic mass is 10.1. The summed E-state index contributed by atoms with van der Waals surface area (Å²) >= 11 is 1.63. The van der Waals surface area contributed by atoms with Crippen molar-refractivity contribution < 1.29 is 0 Å². The molecule has 1 nitrogen and oxygen atoms in total. The van der Waals surface area contributed by atoms with Gasteiger partial charge in [0, 0.05) is 4.88 Å². The third kappa shape index (κ3) is 3.61. The Kier molecular flexibility index (Phi) is 4.56. The molecule has 0 aliphatic rings. The molecule has 0 unspecified atom stereocenters. The summed E-state index contributed by atoms with van der Waals surface area (Å²) in [5.41, 5.74) is 0. The Balaban J connectivity index is 2.25. The van der Waals surface area contributed by atoms with Crippen LogP contribution in [0.5, 0.6) is 0 Å². The second-order valence-electron chi connectivity index (χ2n) is 3.19. The number of aryl methyl sites for hydroxylation is 1. The van der Waals surface area contributed by atoms with Crippen LogP contribution in [-0.4, -0.2) is 0 Å². The van der Waals surface area contributed by atoms with Gasteiger partial charge in [-0.3, -0.25) is 0 Å². The van der Waals surface area contributed by atoms with Gasteiger partial charge < -0.3 is 0 Å². The van der Waals surface area contributed by atoms with E-state index in [1.165, 1.54) is 30.6 Å². The zero-order valence-electron chi connectivity index (χ0n) is 8.05. The number of hydrogen-bond donors (Lipinski definition) is 0. The number of nitrogens with zero attached hydrogens (tertiary/aromatic N) is 1. The van der Waals surface area contributed by atoms with E-state index in [-0.39, 0.29) is 0 Å². The third-order valence-corrected chi connectivity index (χ3v) is 3.10. The van der Waals surface area contributed by atoms with Crippen molar-refractivity contribution in [1.29, 1.82) is 5.26 Å². The summed E-state index contributed by atoms with van der Waals surface area (Å²) in [6.07, 6.45) is 6.34. The van der Waals surface area contributed by atoms with E-state index in [4.69, 9.17) is 5.26 Å². The fourth-order valence-electron chi connectivity index (χ4n) is 1.30. The van der Waals surface area contributed by atoms with E-state index in [2.05, 4.69) is 19.1 Å². The quantitative estimate of drug-likeness (QED) is 0.653. The van der Waals surface area contributed by atoms with E-state index in [1.54, 1.807) is 11.3 Å². The molecule has 0 radical (unpaired) electrons. The van der Waals surface area contributed by atoms with Gasteiger partial charge in [0.1, 0.15) is 10.9 Å². The third-order valence-electron chi connectivity index (χ3n) is 2.05. The van der Waals surface area contributed by atoms with Crippen molar-refractivity contribution in [2.45, 2.75) is 39.0 Å². The van der Waals surface area contributed by atoms with E-state index in [1.807, 2.05) is 6.07 Å². The van der Waals surface area contributed by atoms with Gasteiger partial charge >= 0.3 is 0 Å². The average Bonchev–Trinajstić information content (AvgIpc) is 2.60. The Morgan fingerprint density at radius 2 is 2.15 bits per heavy atom. The van der Waals surface area contributed by atoms with E-state index < -0.39 is 0 Å². The van der Waals surface area contributed by atoms with E-state index >= 15 is 0 Å². The molecule has 0 aliphatic carbocycles. The first-order valence-electron chi connectivity index (χ1n) is 4.85. The minimum Gasteiger partial charge on any atom is -0.192 e. The fourth-order valence-corrected chi connectivity index (χ4v) is 2.15. The van der Waals surface area contributed by atoms with Gasteiger partial charge in [0.2, 0.25) is 0 Å². The van der Waals surface area contributed by atoms with Crippen molar-refractivity contribution >= 4 is 11.3 Å². The smallest absolute Gasteiger partial charge is 0.110 e. The summed E-state index contributed by atoms with van der Waals surface area (Å²) in [5.74, 6) is 0. The summed E-state index contributed by atoms with van der Waals surface area (Å²) in [6.45, 7) is 2.22. The van der Waals surface area contributed by atoms with Gasteiger partial charge in [-0.15, -0.1) is 11.3 Å². The molecule has 0 amide bonds. The Morgan fingerprint density at radius 3 is 2.77 bits per heavy atom. The highest BCUT2D eigenvalue weighted by Gasteiger charge is 1.98. The number of thiophene rings is 1. The maximum Gasteiger partial charge on any atom is 0.110 e. The molecule has 0 aliphatic heterocycles. The topological polar surface area (TPSA) is 23.8 Å². The van der Waals surface area contributed by atoms with E-state index in [0.717, 1.165) is 11.3 Å². The summed E-state index contributed by atoms with van der Waals surface area (Å²) in [6, 6.07) is 6.16. The number of unbranched alkanes of at least 4 members (excludes halogenated alkanes) is 3. The molecule has 1 heterocycles. The maximum absolute atomic E-state index is 8.62. The van der Waals surface area contributed by atoms with Crippen molar-refractivity contribution in [3.05, 3.63) is 21.9 Å². The fraction of sp³-hybridized carbons (Fsp3) is 0.545. The Morgan fingerprint density at radius 1 is 1.31 bits per heavy atom. The Bertz CT molecular complexity index is 283. The van der Waals surface area contributed by atoms with Crippen LogP contribution >= 0.6 is 11.3 Å². The Labute approximate surface area is 84.0 Å². The molecule has 0 saturated heterocycles. The predicted molar refractivity (Wildman–Crippen MR) is 56.9 cm³/mol. The van der Waals surface area contributed by atoms with Crippen LogP contribution in [0.2, 0.25) is 0 Å². The minimum atomic E-state index is 0.838. The first kappa shape index (κ1) is 10.3. The van der Waals surface area contributed by atoms with Gasteiger partial charge in [-0.1, -0.05) is 26.2 Å². The van der Waals surface area contributed by atoms with Gasteiger partial charge in [-0.05, 0) is 25.0 Å². The van der Waals surface area contributed by atoms with Gasteiger partial charge in [-0.2, -0.15) is 5.26 Å². The standard InChI is InChI=1S/C11H15NS/c1-2-3-4-5-6-10-7-8-11(9-12)13-10/h7-8H,2-6H2,1H3. The number of nitriles is 1. The van der Waals surface area contributed by atoms with E-state index in [9.17, 15) is 0 Å². The molecule has 2 heteroatoms. The van der Waals surface area contributed by atoms with Gasteiger partial charge in [0.15, 0.2) is 0 Å². The van der Waals surface area contributed by atoms with Crippen molar-refractivity contribution in [2.24, 2.45) is 0 Å². The molecule has 0 bridgehead atoms. The van der Waals surface area contributed by atoms with Crippen LogP contribution in [0.3, 0.4) is 0 Å². The molecule has 1 aromatic rings. The monoisotopic (exact) mass is 193 g/mol. The van der Waals surface area contributed by atoms with Crippen LogP contribution in [0.25, 0.3) is 0 Å². The van der Waals surface area contributed by atoms with Crippen LogP contribution < -0.4 is 0 Å². The highest BCUT2D eigenvalue weighted by atomic mass is 32.1. The molecule has 70 valence electrons. The van der Waals surface area contributed by atoms with Crippen LogP contribution in [0.4, 0.5) is 0 Å². The lowest BCUT2D eigenvalue weighted by Gasteiger charge is -1.95. The van der Waals surface area contributed by atoms with Crippen LogP contribution in [0.15, 0.2) is 12.1 Å². The van der Waals surface area contributed by atoms with Crippen LogP contribution in [0, 0.1) is 11.3 Å². The predicted octanol–water partition coefficient (Wildman–Crippen LogP) is 3.74. The Hall–Kier alpha value is -0.810. The number of hydrogen-bond acceptors (Lipinski definition) is 2.